The third kappa shape index (κ3) is 2.11. The molecule has 2 nitrogen and oxygen atoms in total. The number of nitrogens with one attached hydrogen (secondary N) is 1. The van der Waals surface area contributed by atoms with Gasteiger partial charge in [0.25, 0.3) is 0 Å². The van der Waals surface area contributed by atoms with Gasteiger partial charge in [-0.1, -0.05) is 6.07 Å². The third-order valence-corrected chi connectivity index (χ3v) is 4.52. The molecule has 0 bridgehead atoms. The lowest BCUT2D eigenvalue weighted by atomic mass is 9.88. The Labute approximate surface area is 105 Å². The van der Waals surface area contributed by atoms with E-state index >= 15 is 0 Å². The number of rotatable bonds is 1. The maximum Gasteiger partial charge on any atom is 0.133 e. The zero-order valence-electron chi connectivity index (χ0n) is 9.81. The fourth-order valence-electron chi connectivity index (χ4n) is 2.33. The minimum atomic E-state index is 0.440. The van der Waals surface area contributed by atoms with Crippen LogP contribution in [0.1, 0.15) is 35.4 Å². The van der Waals surface area contributed by atoms with Crippen molar-refractivity contribution in [2.75, 3.05) is 13.1 Å². The van der Waals surface area contributed by atoms with Gasteiger partial charge in [0.15, 0.2) is 0 Å². The first-order chi connectivity index (χ1) is 7.61. The molecule has 3 heteroatoms. The maximum absolute atomic E-state index is 10.2. The van der Waals surface area contributed by atoms with E-state index in [4.69, 9.17) is 0 Å². The van der Waals surface area contributed by atoms with E-state index in [2.05, 4.69) is 34.2 Å². The summed E-state index contributed by atoms with van der Waals surface area (Å²) in [6.45, 7) is 6.23. The van der Waals surface area contributed by atoms with Crippen molar-refractivity contribution in [3.05, 3.63) is 27.2 Å². The Morgan fingerprint density at radius 2 is 1.94 bits per heavy atom. The van der Waals surface area contributed by atoms with Gasteiger partial charge in [0, 0.05) is 0 Å². The number of phenols is 1. The molecular weight excluding hydrogens is 266 g/mol. The van der Waals surface area contributed by atoms with Crippen LogP contribution < -0.4 is 5.32 Å². The molecule has 0 atom stereocenters. The van der Waals surface area contributed by atoms with Crippen molar-refractivity contribution in [2.24, 2.45) is 0 Å². The van der Waals surface area contributed by atoms with Gasteiger partial charge in [-0.3, -0.25) is 0 Å². The van der Waals surface area contributed by atoms with Crippen molar-refractivity contribution in [1.82, 2.24) is 5.32 Å². The van der Waals surface area contributed by atoms with E-state index in [0.717, 1.165) is 41.5 Å². The summed E-state index contributed by atoms with van der Waals surface area (Å²) in [5.41, 5.74) is 3.49. The Kier molecular flexibility index (Phi) is 3.55. The van der Waals surface area contributed by atoms with E-state index in [9.17, 15) is 5.11 Å². The second-order valence-corrected chi connectivity index (χ2v) is 5.39. The highest BCUT2D eigenvalue weighted by molar-refractivity contribution is 9.10. The molecule has 1 fully saturated rings. The van der Waals surface area contributed by atoms with Crippen LogP contribution in [-0.2, 0) is 0 Å². The molecule has 0 aliphatic carbocycles. The standard InChI is InChI=1S/C13H18BrNO/c1-8-7-11(10-3-5-15-6-4-10)13(16)12(14)9(8)2/h7,10,15-16H,3-6H2,1-2H3. The van der Waals surface area contributed by atoms with E-state index < -0.39 is 0 Å². The second kappa shape index (κ2) is 4.76. The van der Waals surface area contributed by atoms with E-state index in [1.165, 1.54) is 5.56 Å². The molecule has 1 heterocycles. The summed E-state index contributed by atoms with van der Waals surface area (Å²) in [5.74, 6) is 0.937. The molecule has 1 aliphatic rings. The monoisotopic (exact) mass is 283 g/mol. The number of piperidine rings is 1. The number of aryl methyl sites for hydroxylation is 1. The Hall–Kier alpha value is -0.540. The van der Waals surface area contributed by atoms with Crippen LogP contribution in [0.3, 0.4) is 0 Å². The van der Waals surface area contributed by atoms with Crippen molar-refractivity contribution < 1.29 is 5.11 Å². The molecular formula is C13H18BrNO. The second-order valence-electron chi connectivity index (χ2n) is 4.59. The van der Waals surface area contributed by atoms with Crippen LogP contribution in [0.2, 0.25) is 0 Å². The van der Waals surface area contributed by atoms with Gasteiger partial charge >= 0.3 is 0 Å². The minimum Gasteiger partial charge on any atom is -0.506 e. The summed E-state index contributed by atoms with van der Waals surface area (Å²) in [6.07, 6.45) is 2.23. The summed E-state index contributed by atoms with van der Waals surface area (Å²) in [5, 5.41) is 13.5. The van der Waals surface area contributed by atoms with Crippen molar-refractivity contribution in [3.63, 3.8) is 0 Å². The first-order valence-corrected chi connectivity index (χ1v) is 6.60. The molecule has 2 rings (SSSR count). The van der Waals surface area contributed by atoms with Gasteiger partial charge in [0.2, 0.25) is 0 Å². The van der Waals surface area contributed by atoms with Crippen LogP contribution in [-0.4, -0.2) is 18.2 Å². The maximum atomic E-state index is 10.2. The molecule has 0 radical (unpaired) electrons. The summed E-state index contributed by atoms with van der Waals surface area (Å²) < 4.78 is 0.862. The number of hydrogen-bond acceptors (Lipinski definition) is 2. The fourth-order valence-corrected chi connectivity index (χ4v) is 2.87. The molecule has 88 valence electrons. The van der Waals surface area contributed by atoms with Crippen LogP contribution in [0.4, 0.5) is 0 Å². The predicted molar refractivity (Wildman–Crippen MR) is 70.1 cm³/mol. The average Bonchev–Trinajstić information content (AvgIpc) is 2.32. The van der Waals surface area contributed by atoms with Gasteiger partial charge in [0.05, 0.1) is 4.47 Å². The van der Waals surface area contributed by atoms with Gasteiger partial charge in [-0.2, -0.15) is 0 Å². The highest BCUT2D eigenvalue weighted by Crippen LogP contribution is 2.39. The van der Waals surface area contributed by atoms with Gasteiger partial charge in [-0.05, 0) is 78.3 Å². The van der Waals surface area contributed by atoms with Gasteiger partial charge < -0.3 is 10.4 Å². The number of phenolic OH excluding ortho intramolecular Hbond substituents is 1. The molecule has 0 unspecified atom stereocenters. The van der Waals surface area contributed by atoms with E-state index in [1.807, 2.05) is 6.92 Å². The van der Waals surface area contributed by atoms with Crippen LogP contribution in [0.5, 0.6) is 5.75 Å². The highest BCUT2D eigenvalue weighted by atomic mass is 79.9. The molecule has 1 saturated heterocycles. The molecule has 0 spiro atoms. The smallest absolute Gasteiger partial charge is 0.133 e. The summed E-state index contributed by atoms with van der Waals surface area (Å²) in [4.78, 5) is 0. The normalized spacial score (nSPS) is 17.7. The molecule has 0 aromatic heterocycles. The zero-order valence-corrected chi connectivity index (χ0v) is 11.4. The van der Waals surface area contributed by atoms with E-state index in [0.29, 0.717) is 11.7 Å². The van der Waals surface area contributed by atoms with Crippen LogP contribution in [0.15, 0.2) is 10.5 Å². The molecule has 2 N–H and O–H groups in total. The molecule has 0 saturated carbocycles. The van der Waals surface area contributed by atoms with Crippen molar-refractivity contribution in [2.45, 2.75) is 32.6 Å². The van der Waals surface area contributed by atoms with Crippen LogP contribution in [0, 0.1) is 13.8 Å². The first-order valence-electron chi connectivity index (χ1n) is 5.80. The third-order valence-electron chi connectivity index (χ3n) is 3.55. The minimum absolute atomic E-state index is 0.440. The Balaban J connectivity index is 2.40. The lowest BCUT2D eigenvalue weighted by Crippen LogP contribution is -2.26. The Morgan fingerprint density at radius 1 is 1.31 bits per heavy atom. The molecule has 0 amide bonds. The average molecular weight is 284 g/mol. The highest BCUT2D eigenvalue weighted by Gasteiger charge is 2.21. The summed E-state index contributed by atoms with van der Waals surface area (Å²) in [7, 11) is 0. The molecule has 1 aromatic rings. The largest absolute Gasteiger partial charge is 0.506 e. The first kappa shape index (κ1) is 11.9. The van der Waals surface area contributed by atoms with Gasteiger partial charge in [-0.15, -0.1) is 0 Å². The molecule has 1 aliphatic heterocycles. The molecule has 1 aromatic carbocycles. The topological polar surface area (TPSA) is 32.3 Å². The SMILES string of the molecule is Cc1cc(C2CCNCC2)c(O)c(Br)c1C. The van der Waals surface area contributed by atoms with Gasteiger partial charge in [0.1, 0.15) is 5.75 Å². The van der Waals surface area contributed by atoms with Crippen molar-refractivity contribution >= 4 is 15.9 Å². The number of halogens is 1. The fraction of sp³-hybridized carbons (Fsp3) is 0.538. The quantitative estimate of drug-likeness (QED) is 0.829. The van der Waals surface area contributed by atoms with Crippen molar-refractivity contribution in [3.8, 4) is 5.75 Å². The van der Waals surface area contributed by atoms with Gasteiger partial charge in [-0.25, -0.2) is 0 Å². The Bertz CT molecular complexity index is 397. The van der Waals surface area contributed by atoms with Crippen LogP contribution >= 0.6 is 15.9 Å². The zero-order chi connectivity index (χ0) is 11.7. The lowest BCUT2D eigenvalue weighted by Gasteiger charge is -2.25. The summed E-state index contributed by atoms with van der Waals surface area (Å²) in [6, 6.07) is 2.14. The van der Waals surface area contributed by atoms with E-state index in [1.54, 1.807) is 0 Å². The predicted octanol–water partition coefficient (Wildman–Crippen LogP) is 3.24. The lowest BCUT2D eigenvalue weighted by molar-refractivity contribution is 0.422. The molecule has 16 heavy (non-hydrogen) atoms. The van der Waals surface area contributed by atoms with Crippen molar-refractivity contribution in [1.29, 1.82) is 0 Å². The number of aromatic hydroxyl groups is 1. The van der Waals surface area contributed by atoms with Crippen LogP contribution in [0.25, 0.3) is 0 Å². The number of benzene rings is 1. The summed E-state index contributed by atoms with van der Waals surface area (Å²) >= 11 is 3.48. The Morgan fingerprint density at radius 3 is 2.56 bits per heavy atom. The van der Waals surface area contributed by atoms with E-state index in [-0.39, 0.29) is 0 Å². The number of hydrogen-bond donors (Lipinski definition) is 2.